The molecular formula is C19H23ClFN5O2. The number of halogens is 2. The first-order valence-electron chi connectivity index (χ1n) is 9.21. The second-order valence-corrected chi connectivity index (χ2v) is 6.85. The van der Waals surface area contributed by atoms with Gasteiger partial charge in [0.25, 0.3) is 5.91 Å². The van der Waals surface area contributed by atoms with Crippen LogP contribution in [0.5, 0.6) is 5.75 Å². The number of nitrogens with zero attached hydrogens (tertiary/aromatic N) is 4. The lowest BCUT2D eigenvalue weighted by molar-refractivity contribution is -0.123. The van der Waals surface area contributed by atoms with Crippen molar-refractivity contribution in [2.75, 3.05) is 50.8 Å². The Labute approximate surface area is 168 Å². The molecule has 150 valence electrons. The molecule has 0 bridgehead atoms. The number of hydrogen-bond acceptors (Lipinski definition) is 6. The fourth-order valence-electron chi connectivity index (χ4n) is 2.92. The normalized spacial score (nSPS) is 14.7. The van der Waals surface area contributed by atoms with Gasteiger partial charge < -0.3 is 15.0 Å². The van der Waals surface area contributed by atoms with Crippen molar-refractivity contribution in [3.8, 4) is 5.75 Å². The number of carbonyl (C=O) groups is 1. The molecular weight excluding hydrogens is 385 g/mol. The standard InChI is InChI=1S/C19H23ClFN5O2/c20-16-13-15(3-4-17(16)21)28-14-18(27)22-7-2-8-25-9-11-26(12-10-25)19-23-5-1-6-24-19/h1,3-6,13H,2,7-12,14H2,(H,22,27). The number of carbonyl (C=O) groups excluding carboxylic acids is 1. The average molecular weight is 408 g/mol. The molecule has 1 N–H and O–H groups in total. The van der Waals surface area contributed by atoms with E-state index in [-0.39, 0.29) is 17.5 Å². The van der Waals surface area contributed by atoms with Crippen LogP contribution in [0.15, 0.2) is 36.7 Å². The van der Waals surface area contributed by atoms with Gasteiger partial charge >= 0.3 is 0 Å². The van der Waals surface area contributed by atoms with E-state index >= 15 is 0 Å². The largest absolute Gasteiger partial charge is 0.484 e. The van der Waals surface area contributed by atoms with Crippen molar-refractivity contribution in [1.29, 1.82) is 0 Å². The van der Waals surface area contributed by atoms with E-state index in [1.165, 1.54) is 18.2 Å². The van der Waals surface area contributed by atoms with E-state index in [2.05, 4.69) is 25.1 Å². The van der Waals surface area contributed by atoms with Gasteiger partial charge in [0.1, 0.15) is 11.6 Å². The third-order valence-corrected chi connectivity index (χ3v) is 4.73. The minimum atomic E-state index is -0.518. The summed E-state index contributed by atoms with van der Waals surface area (Å²) >= 11 is 5.68. The Morgan fingerprint density at radius 1 is 1.21 bits per heavy atom. The van der Waals surface area contributed by atoms with E-state index < -0.39 is 5.82 Å². The molecule has 1 fully saturated rings. The summed E-state index contributed by atoms with van der Waals surface area (Å²) in [6.07, 6.45) is 4.37. The van der Waals surface area contributed by atoms with Crippen molar-refractivity contribution in [3.63, 3.8) is 0 Å². The molecule has 0 atom stereocenters. The van der Waals surface area contributed by atoms with Crippen LogP contribution in [0.4, 0.5) is 10.3 Å². The fraction of sp³-hybridized carbons (Fsp3) is 0.421. The molecule has 0 spiro atoms. The summed E-state index contributed by atoms with van der Waals surface area (Å²) in [5, 5.41) is 2.79. The topological polar surface area (TPSA) is 70.6 Å². The highest BCUT2D eigenvalue weighted by atomic mass is 35.5. The first-order valence-corrected chi connectivity index (χ1v) is 9.58. The van der Waals surface area contributed by atoms with Gasteiger partial charge in [-0.2, -0.15) is 0 Å². The van der Waals surface area contributed by atoms with Crippen molar-refractivity contribution in [1.82, 2.24) is 20.2 Å². The second kappa shape index (κ2) is 10.2. The van der Waals surface area contributed by atoms with Crippen LogP contribution in [0.1, 0.15) is 6.42 Å². The van der Waals surface area contributed by atoms with Crippen molar-refractivity contribution < 1.29 is 13.9 Å². The molecule has 28 heavy (non-hydrogen) atoms. The van der Waals surface area contributed by atoms with Crippen LogP contribution in [0.2, 0.25) is 5.02 Å². The average Bonchev–Trinajstić information content (AvgIpc) is 2.73. The van der Waals surface area contributed by atoms with Gasteiger partial charge in [0.05, 0.1) is 5.02 Å². The van der Waals surface area contributed by atoms with Gasteiger partial charge in [-0.05, 0) is 31.2 Å². The molecule has 0 aliphatic carbocycles. The molecule has 7 nitrogen and oxygen atoms in total. The molecule has 1 saturated heterocycles. The van der Waals surface area contributed by atoms with Crippen LogP contribution < -0.4 is 15.0 Å². The van der Waals surface area contributed by atoms with Crippen LogP contribution >= 0.6 is 11.6 Å². The predicted molar refractivity (Wildman–Crippen MR) is 105 cm³/mol. The predicted octanol–water partition coefficient (Wildman–Crippen LogP) is 1.98. The highest BCUT2D eigenvalue weighted by Crippen LogP contribution is 2.20. The van der Waals surface area contributed by atoms with Crippen molar-refractivity contribution >= 4 is 23.5 Å². The molecule has 2 heterocycles. The summed E-state index contributed by atoms with van der Waals surface area (Å²) in [5.74, 6) is 0.403. The maximum atomic E-state index is 13.1. The number of rotatable bonds is 8. The Kier molecular flexibility index (Phi) is 7.39. The summed E-state index contributed by atoms with van der Waals surface area (Å²) in [5.41, 5.74) is 0. The zero-order chi connectivity index (χ0) is 19.8. The Morgan fingerprint density at radius 3 is 2.68 bits per heavy atom. The lowest BCUT2D eigenvalue weighted by atomic mass is 10.3. The van der Waals surface area contributed by atoms with Gasteiger partial charge in [-0.3, -0.25) is 9.69 Å². The van der Waals surface area contributed by atoms with Crippen LogP contribution in [0.3, 0.4) is 0 Å². The van der Waals surface area contributed by atoms with Crippen LogP contribution in [-0.2, 0) is 4.79 Å². The monoisotopic (exact) mass is 407 g/mol. The quantitative estimate of drug-likeness (QED) is 0.675. The molecule has 1 aromatic carbocycles. The minimum Gasteiger partial charge on any atom is -0.484 e. The summed E-state index contributed by atoms with van der Waals surface area (Å²) < 4.78 is 18.4. The van der Waals surface area contributed by atoms with Crippen molar-refractivity contribution in [3.05, 3.63) is 47.5 Å². The van der Waals surface area contributed by atoms with E-state index in [4.69, 9.17) is 16.3 Å². The Morgan fingerprint density at radius 2 is 1.96 bits per heavy atom. The second-order valence-electron chi connectivity index (χ2n) is 6.45. The highest BCUT2D eigenvalue weighted by Gasteiger charge is 2.18. The molecule has 3 rings (SSSR count). The van der Waals surface area contributed by atoms with E-state index in [1.807, 2.05) is 6.07 Å². The molecule has 9 heteroatoms. The highest BCUT2D eigenvalue weighted by molar-refractivity contribution is 6.30. The smallest absolute Gasteiger partial charge is 0.257 e. The number of piperazine rings is 1. The van der Waals surface area contributed by atoms with Gasteiger partial charge in [-0.15, -0.1) is 0 Å². The van der Waals surface area contributed by atoms with Gasteiger partial charge in [-0.25, -0.2) is 14.4 Å². The minimum absolute atomic E-state index is 0.0307. The van der Waals surface area contributed by atoms with Gasteiger partial charge in [0, 0.05) is 51.2 Å². The Balaban J connectivity index is 1.27. The van der Waals surface area contributed by atoms with E-state index in [0.717, 1.165) is 45.1 Å². The van der Waals surface area contributed by atoms with Gasteiger partial charge in [-0.1, -0.05) is 11.6 Å². The summed E-state index contributed by atoms with van der Waals surface area (Å²) in [6, 6.07) is 5.81. The lowest BCUT2D eigenvalue weighted by Gasteiger charge is -2.34. The first kappa shape index (κ1) is 20.3. The number of anilines is 1. The fourth-order valence-corrected chi connectivity index (χ4v) is 3.09. The van der Waals surface area contributed by atoms with E-state index in [1.54, 1.807) is 12.4 Å². The molecule has 0 saturated carbocycles. The van der Waals surface area contributed by atoms with Crippen LogP contribution in [0.25, 0.3) is 0 Å². The van der Waals surface area contributed by atoms with E-state index in [9.17, 15) is 9.18 Å². The zero-order valence-electron chi connectivity index (χ0n) is 15.5. The zero-order valence-corrected chi connectivity index (χ0v) is 16.2. The number of hydrogen-bond donors (Lipinski definition) is 1. The van der Waals surface area contributed by atoms with Crippen LogP contribution in [-0.4, -0.2) is 66.7 Å². The summed E-state index contributed by atoms with van der Waals surface area (Å²) in [4.78, 5) is 24.9. The molecule has 1 aliphatic rings. The number of nitrogens with one attached hydrogen (secondary N) is 1. The molecule has 1 aliphatic heterocycles. The maximum absolute atomic E-state index is 13.1. The maximum Gasteiger partial charge on any atom is 0.257 e. The third kappa shape index (κ3) is 6.03. The Bertz CT molecular complexity index is 772. The molecule has 2 aromatic rings. The number of ether oxygens (including phenoxy) is 1. The third-order valence-electron chi connectivity index (χ3n) is 4.44. The summed E-state index contributed by atoms with van der Waals surface area (Å²) in [7, 11) is 0. The Hall–Kier alpha value is -2.45. The number of amides is 1. The lowest BCUT2D eigenvalue weighted by Crippen LogP contribution is -2.47. The molecule has 1 amide bonds. The first-order chi connectivity index (χ1) is 13.6. The van der Waals surface area contributed by atoms with Gasteiger partial charge in [0.15, 0.2) is 6.61 Å². The molecule has 0 unspecified atom stereocenters. The summed E-state index contributed by atoms with van der Waals surface area (Å²) in [6.45, 7) is 5.04. The van der Waals surface area contributed by atoms with Gasteiger partial charge in [0.2, 0.25) is 5.95 Å². The van der Waals surface area contributed by atoms with Crippen molar-refractivity contribution in [2.45, 2.75) is 6.42 Å². The van der Waals surface area contributed by atoms with E-state index in [0.29, 0.717) is 12.3 Å². The van der Waals surface area contributed by atoms with Crippen molar-refractivity contribution in [2.24, 2.45) is 0 Å². The number of aromatic nitrogens is 2. The number of benzene rings is 1. The molecule has 1 aromatic heterocycles. The van der Waals surface area contributed by atoms with Crippen LogP contribution in [0, 0.1) is 5.82 Å². The SMILES string of the molecule is O=C(COc1ccc(F)c(Cl)c1)NCCCN1CCN(c2ncccn2)CC1. The molecule has 0 radical (unpaired) electrons.